The summed E-state index contributed by atoms with van der Waals surface area (Å²) in [6.45, 7) is 2.13. The van der Waals surface area contributed by atoms with Gasteiger partial charge in [0, 0.05) is 17.5 Å². The second-order valence-corrected chi connectivity index (χ2v) is 7.97. The lowest BCUT2D eigenvalue weighted by Crippen LogP contribution is -2.38. The van der Waals surface area contributed by atoms with Crippen LogP contribution < -0.4 is 0 Å². The SMILES string of the molecule is CC1c2ccsc2CCN1S(=O)(=O)c1ccccc1CO. The second-order valence-electron chi connectivity index (χ2n) is 5.11. The van der Waals surface area contributed by atoms with Crippen LogP contribution in [0.3, 0.4) is 0 Å². The number of aliphatic hydroxyl groups is 1. The van der Waals surface area contributed by atoms with E-state index in [1.54, 1.807) is 35.6 Å². The highest BCUT2D eigenvalue weighted by Crippen LogP contribution is 2.36. The van der Waals surface area contributed by atoms with Crippen LogP contribution in [0.25, 0.3) is 0 Å². The summed E-state index contributed by atoms with van der Waals surface area (Å²) in [5.74, 6) is 0. The van der Waals surface area contributed by atoms with Crippen LogP contribution in [0.4, 0.5) is 0 Å². The van der Waals surface area contributed by atoms with Crippen molar-refractivity contribution >= 4 is 21.4 Å². The summed E-state index contributed by atoms with van der Waals surface area (Å²) in [5.41, 5.74) is 1.54. The van der Waals surface area contributed by atoms with Crippen molar-refractivity contribution in [2.45, 2.75) is 30.9 Å². The highest BCUT2D eigenvalue weighted by molar-refractivity contribution is 7.89. The van der Waals surface area contributed by atoms with E-state index >= 15 is 0 Å². The molecule has 1 aliphatic heterocycles. The summed E-state index contributed by atoms with van der Waals surface area (Å²) in [5, 5.41) is 11.4. The topological polar surface area (TPSA) is 57.6 Å². The zero-order chi connectivity index (χ0) is 15.0. The zero-order valence-electron chi connectivity index (χ0n) is 11.7. The molecule has 3 rings (SSSR count). The number of benzene rings is 1. The van der Waals surface area contributed by atoms with E-state index in [2.05, 4.69) is 0 Å². The van der Waals surface area contributed by atoms with Crippen LogP contribution >= 0.6 is 11.3 Å². The minimum Gasteiger partial charge on any atom is -0.392 e. The molecule has 4 nitrogen and oxygen atoms in total. The van der Waals surface area contributed by atoms with Crippen molar-refractivity contribution in [3.63, 3.8) is 0 Å². The molecule has 1 N–H and O–H groups in total. The summed E-state index contributed by atoms with van der Waals surface area (Å²) in [4.78, 5) is 1.47. The monoisotopic (exact) mass is 323 g/mol. The Hall–Kier alpha value is -1.21. The van der Waals surface area contributed by atoms with Gasteiger partial charge in [0.05, 0.1) is 11.5 Å². The standard InChI is InChI=1S/C15H17NO3S2/c1-11-13-7-9-20-14(13)6-8-16(11)21(18,19)15-5-3-2-4-12(15)10-17/h2-5,7,9,11,17H,6,8,10H2,1H3. The molecule has 0 spiro atoms. The van der Waals surface area contributed by atoms with Crippen molar-refractivity contribution in [3.8, 4) is 0 Å². The van der Waals surface area contributed by atoms with Crippen LogP contribution in [0, 0.1) is 0 Å². The van der Waals surface area contributed by atoms with Crippen molar-refractivity contribution in [2.75, 3.05) is 6.54 Å². The Balaban J connectivity index is 2.04. The van der Waals surface area contributed by atoms with E-state index in [1.165, 1.54) is 9.18 Å². The average Bonchev–Trinajstić information content (AvgIpc) is 2.96. The Bertz CT molecular complexity index is 752. The number of hydrogen-bond acceptors (Lipinski definition) is 4. The Morgan fingerprint density at radius 1 is 1.33 bits per heavy atom. The van der Waals surface area contributed by atoms with E-state index in [0.717, 1.165) is 12.0 Å². The summed E-state index contributed by atoms with van der Waals surface area (Å²) in [6.07, 6.45) is 0.748. The van der Waals surface area contributed by atoms with E-state index in [0.29, 0.717) is 12.1 Å². The third-order valence-corrected chi connectivity index (χ3v) is 7.02. The van der Waals surface area contributed by atoms with Crippen LogP contribution in [0.2, 0.25) is 0 Å². The minimum atomic E-state index is -3.60. The molecule has 2 heterocycles. The smallest absolute Gasteiger partial charge is 0.243 e. The lowest BCUT2D eigenvalue weighted by molar-refractivity contribution is 0.277. The molecular formula is C15H17NO3S2. The molecule has 1 aromatic heterocycles. The van der Waals surface area contributed by atoms with Gasteiger partial charge in [0.25, 0.3) is 0 Å². The molecule has 1 aromatic carbocycles. The molecule has 0 radical (unpaired) electrons. The van der Waals surface area contributed by atoms with Crippen LogP contribution in [0.5, 0.6) is 0 Å². The Kier molecular flexibility index (Phi) is 3.88. The summed E-state index contributed by atoms with van der Waals surface area (Å²) in [6, 6.07) is 8.48. The quantitative estimate of drug-likeness (QED) is 0.944. The predicted octanol–water partition coefficient (Wildman–Crippen LogP) is 2.55. The zero-order valence-corrected chi connectivity index (χ0v) is 13.3. The maximum Gasteiger partial charge on any atom is 0.243 e. The molecule has 112 valence electrons. The first-order valence-corrected chi connectivity index (χ1v) is 9.14. The number of aliphatic hydroxyl groups excluding tert-OH is 1. The molecule has 0 amide bonds. The number of nitrogens with zero attached hydrogens (tertiary/aromatic N) is 1. The molecule has 6 heteroatoms. The molecule has 1 aliphatic rings. The van der Waals surface area contributed by atoms with Gasteiger partial charge in [0.15, 0.2) is 0 Å². The molecule has 0 saturated heterocycles. The van der Waals surface area contributed by atoms with Crippen LogP contribution in [-0.4, -0.2) is 24.4 Å². The van der Waals surface area contributed by atoms with Gasteiger partial charge in [-0.25, -0.2) is 8.42 Å². The summed E-state index contributed by atoms with van der Waals surface area (Å²) in [7, 11) is -3.60. The summed E-state index contributed by atoms with van der Waals surface area (Å²) >= 11 is 1.68. The fraction of sp³-hybridized carbons (Fsp3) is 0.333. The Labute approximate surface area is 128 Å². The maximum absolute atomic E-state index is 12.9. The van der Waals surface area contributed by atoms with Gasteiger partial charge in [-0.3, -0.25) is 0 Å². The number of fused-ring (bicyclic) bond motifs is 1. The second kappa shape index (κ2) is 5.53. The first-order chi connectivity index (χ1) is 10.1. The minimum absolute atomic E-state index is 0.170. The lowest BCUT2D eigenvalue weighted by Gasteiger charge is -2.33. The van der Waals surface area contributed by atoms with Gasteiger partial charge >= 0.3 is 0 Å². The van der Waals surface area contributed by atoms with Gasteiger partial charge in [-0.05, 0) is 42.0 Å². The molecule has 0 saturated carbocycles. The number of thiophene rings is 1. The molecule has 0 bridgehead atoms. The fourth-order valence-corrected chi connectivity index (χ4v) is 5.62. The van der Waals surface area contributed by atoms with Crippen LogP contribution in [0.1, 0.15) is 29.0 Å². The van der Waals surface area contributed by atoms with Gasteiger partial charge in [0.2, 0.25) is 10.0 Å². The van der Waals surface area contributed by atoms with Gasteiger partial charge in [-0.2, -0.15) is 4.31 Å². The van der Waals surface area contributed by atoms with E-state index in [-0.39, 0.29) is 17.5 Å². The number of rotatable bonds is 3. The molecule has 2 aromatic rings. The van der Waals surface area contributed by atoms with Crippen molar-refractivity contribution in [1.82, 2.24) is 4.31 Å². The highest BCUT2D eigenvalue weighted by atomic mass is 32.2. The summed E-state index contributed by atoms with van der Waals surface area (Å²) < 4.78 is 27.4. The van der Waals surface area contributed by atoms with E-state index in [9.17, 15) is 13.5 Å². The van der Waals surface area contributed by atoms with Gasteiger partial charge < -0.3 is 5.11 Å². The predicted molar refractivity (Wildman–Crippen MR) is 82.7 cm³/mol. The molecule has 0 aliphatic carbocycles. The highest BCUT2D eigenvalue weighted by Gasteiger charge is 2.35. The van der Waals surface area contributed by atoms with E-state index in [1.807, 2.05) is 18.4 Å². The molecule has 1 unspecified atom stereocenters. The van der Waals surface area contributed by atoms with Crippen LogP contribution in [-0.2, 0) is 23.1 Å². The maximum atomic E-state index is 12.9. The molecule has 21 heavy (non-hydrogen) atoms. The number of sulfonamides is 1. The molecule has 1 atom stereocenters. The van der Waals surface area contributed by atoms with Crippen molar-refractivity contribution in [2.24, 2.45) is 0 Å². The van der Waals surface area contributed by atoms with Crippen molar-refractivity contribution in [3.05, 3.63) is 51.7 Å². The van der Waals surface area contributed by atoms with Crippen LogP contribution in [0.15, 0.2) is 40.6 Å². The Morgan fingerprint density at radius 3 is 2.86 bits per heavy atom. The fourth-order valence-electron chi connectivity index (χ4n) is 2.83. The van der Waals surface area contributed by atoms with Gasteiger partial charge in [-0.1, -0.05) is 18.2 Å². The third-order valence-electron chi connectivity index (χ3n) is 3.95. The van der Waals surface area contributed by atoms with Crippen molar-refractivity contribution in [1.29, 1.82) is 0 Å². The van der Waals surface area contributed by atoms with Gasteiger partial charge in [-0.15, -0.1) is 11.3 Å². The van der Waals surface area contributed by atoms with Gasteiger partial charge in [0.1, 0.15) is 0 Å². The third kappa shape index (κ3) is 2.42. The first-order valence-electron chi connectivity index (χ1n) is 6.82. The Morgan fingerprint density at radius 2 is 2.10 bits per heavy atom. The average molecular weight is 323 g/mol. The first kappa shape index (κ1) is 14.7. The number of hydrogen-bond donors (Lipinski definition) is 1. The van der Waals surface area contributed by atoms with Crippen molar-refractivity contribution < 1.29 is 13.5 Å². The lowest BCUT2D eigenvalue weighted by atomic mass is 10.0. The van der Waals surface area contributed by atoms with E-state index in [4.69, 9.17) is 0 Å². The molecule has 0 fully saturated rings. The molecular weight excluding hydrogens is 306 g/mol. The largest absolute Gasteiger partial charge is 0.392 e. The van der Waals surface area contributed by atoms with E-state index < -0.39 is 10.0 Å². The normalized spacial score (nSPS) is 19.4.